The molecule has 0 saturated carbocycles. The minimum absolute atomic E-state index is 0.00647. The van der Waals surface area contributed by atoms with E-state index in [1.54, 1.807) is 42.8 Å². The van der Waals surface area contributed by atoms with E-state index < -0.39 is 51.7 Å². The first-order valence-corrected chi connectivity index (χ1v) is 14.1. The molecule has 2 atom stereocenters. The van der Waals surface area contributed by atoms with Gasteiger partial charge in [0.25, 0.3) is 0 Å². The summed E-state index contributed by atoms with van der Waals surface area (Å²) in [4.78, 5) is 42.7. The fraction of sp³-hybridized carbons (Fsp3) is 0.323. The first-order chi connectivity index (χ1) is 21.2. The van der Waals surface area contributed by atoms with Crippen molar-refractivity contribution in [3.8, 4) is 16.9 Å². The number of nitrogen functional groups attached to an aromatic ring is 1. The average Bonchev–Trinajstić information content (AvgIpc) is 2.99. The number of aryl methyl sites for hydroxylation is 1. The minimum Gasteiger partial charge on any atom is -0.394 e. The van der Waals surface area contributed by atoms with Crippen LogP contribution in [0.25, 0.3) is 28.0 Å². The fourth-order valence-corrected chi connectivity index (χ4v) is 5.90. The highest BCUT2D eigenvalue weighted by molar-refractivity contribution is 5.91. The molecule has 3 aromatic heterocycles. The van der Waals surface area contributed by atoms with Crippen LogP contribution in [0.3, 0.4) is 0 Å². The van der Waals surface area contributed by atoms with E-state index in [1.807, 2.05) is 13.8 Å². The molecule has 1 saturated heterocycles. The van der Waals surface area contributed by atoms with Crippen molar-refractivity contribution in [1.82, 2.24) is 24.4 Å². The second kappa shape index (κ2) is 11.6. The lowest BCUT2D eigenvalue weighted by molar-refractivity contribution is -0.130. The Kier molecular flexibility index (Phi) is 8.10. The molecule has 14 heteroatoms. The number of nitrogens with zero attached hydrogens (tertiary/aromatic N) is 6. The van der Waals surface area contributed by atoms with E-state index in [0.29, 0.717) is 11.3 Å². The maximum absolute atomic E-state index is 15.9. The van der Waals surface area contributed by atoms with Crippen molar-refractivity contribution in [2.24, 2.45) is 0 Å². The van der Waals surface area contributed by atoms with Crippen molar-refractivity contribution >= 4 is 28.4 Å². The zero-order chi connectivity index (χ0) is 33.1. The van der Waals surface area contributed by atoms with E-state index in [9.17, 15) is 18.4 Å². The summed E-state index contributed by atoms with van der Waals surface area (Å²) in [6.45, 7) is 12.9. The number of amides is 1. The summed E-state index contributed by atoms with van der Waals surface area (Å²) in [6, 6.07) is 1.75. The van der Waals surface area contributed by atoms with Gasteiger partial charge in [-0.2, -0.15) is 4.98 Å². The topological polar surface area (TPSA) is 110 Å². The van der Waals surface area contributed by atoms with E-state index in [-0.39, 0.29) is 59.5 Å². The predicted molar refractivity (Wildman–Crippen MR) is 160 cm³/mol. The number of hydrogen-bond donors (Lipinski definition) is 1. The van der Waals surface area contributed by atoms with Gasteiger partial charge in [-0.25, -0.2) is 36.3 Å². The third-order valence-electron chi connectivity index (χ3n) is 7.91. The Balaban J connectivity index is 1.87. The molecule has 0 spiro atoms. The summed E-state index contributed by atoms with van der Waals surface area (Å²) in [5.41, 5.74) is 1.74. The number of carbonyl (C=O) groups is 1. The Bertz CT molecular complexity index is 1900. The largest absolute Gasteiger partial charge is 0.394 e. The van der Waals surface area contributed by atoms with Crippen molar-refractivity contribution in [3.05, 3.63) is 81.8 Å². The number of anilines is 2. The van der Waals surface area contributed by atoms with Crippen LogP contribution < -0.4 is 16.3 Å². The number of piperazine rings is 1. The summed E-state index contributed by atoms with van der Waals surface area (Å²) in [6.07, 6.45) is 2.74. The van der Waals surface area contributed by atoms with Gasteiger partial charge in [0.2, 0.25) is 5.91 Å². The molecule has 0 aliphatic carbocycles. The highest BCUT2D eigenvalue weighted by Gasteiger charge is 2.35. The Labute approximate surface area is 254 Å². The summed E-state index contributed by atoms with van der Waals surface area (Å²) >= 11 is 0. The lowest BCUT2D eigenvalue weighted by atomic mass is 10.0. The predicted octanol–water partition coefficient (Wildman–Crippen LogP) is 5.16. The average molecular weight is 628 g/mol. The van der Waals surface area contributed by atoms with Crippen LogP contribution in [0.15, 0.2) is 35.8 Å². The lowest BCUT2D eigenvalue weighted by Crippen LogP contribution is -2.58. The third-order valence-corrected chi connectivity index (χ3v) is 7.91. The number of nitrogens with two attached hydrogens (primary N) is 1. The number of aromatic nitrogens is 4. The SMILES string of the molecule is C=CC(=O)N1[C@H](C)CN(c2nc(=O)n(-c3c(C)ccnc3C(C)C)c3nc(-c4c(F)c(N)c(F)c(F)c4F)c(F)cc23)C[C@@H]1C. The fourth-order valence-electron chi connectivity index (χ4n) is 5.90. The van der Waals surface area contributed by atoms with Crippen molar-refractivity contribution < 1.29 is 26.7 Å². The maximum atomic E-state index is 15.9. The van der Waals surface area contributed by atoms with Gasteiger partial charge in [0, 0.05) is 31.4 Å². The molecule has 45 heavy (non-hydrogen) atoms. The van der Waals surface area contributed by atoms with Gasteiger partial charge in [0.1, 0.15) is 17.2 Å². The van der Waals surface area contributed by atoms with Crippen LogP contribution in [-0.2, 0) is 4.79 Å². The molecule has 4 heterocycles. The van der Waals surface area contributed by atoms with Crippen LogP contribution in [0.4, 0.5) is 33.5 Å². The Hall–Kier alpha value is -4.88. The maximum Gasteiger partial charge on any atom is 0.355 e. The summed E-state index contributed by atoms with van der Waals surface area (Å²) < 4.78 is 75.6. The first-order valence-electron chi connectivity index (χ1n) is 14.1. The van der Waals surface area contributed by atoms with Gasteiger partial charge in [-0.05, 0) is 50.5 Å². The van der Waals surface area contributed by atoms with Crippen molar-refractivity contribution in [2.45, 2.75) is 52.6 Å². The first kappa shape index (κ1) is 31.5. The summed E-state index contributed by atoms with van der Waals surface area (Å²) in [5.74, 6) is -9.70. The molecule has 1 fully saturated rings. The van der Waals surface area contributed by atoms with Gasteiger partial charge in [0.15, 0.2) is 34.7 Å². The van der Waals surface area contributed by atoms with Crippen LogP contribution in [0, 0.1) is 36.0 Å². The van der Waals surface area contributed by atoms with E-state index in [4.69, 9.17) is 5.73 Å². The molecule has 1 amide bonds. The van der Waals surface area contributed by atoms with Crippen LogP contribution in [0.5, 0.6) is 0 Å². The number of fused-ring (bicyclic) bond motifs is 1. The molecule has 9 nitrogen and oxygen atoms in total. The van der Waals surface area contributed by atoms with Gasteiger partial charge in [-0.3, -0.25) is 9.78 Å². The smallest absolute Gasteiger partial charge is 0.355 e. The molecule has 1 aromatic carbocycles. The standard InChI is InChI=1S/C31H30F5N7O2/c1-7-19(44)42-15(5)11-41(12-16(42)6)29-17-10-18(32)27(20-21(33)23(35)24(36)25(37)22(20)34)39-30(17)43(31(45)40-29)28-14(4)8-9-38-26(28)13(2)3/h7-10,13,15-16H,1,11-12,37H2,2-6H3/t15-,16+. The van der Waals surface area contributed by atoms with Gasteiger partial charge >= 0.3 is 5.69 Å². The molecule has 4 aromatic rings. The van der Waals surface area contributed by atoms with E-state index >= 15 is 13.2 Å². The molecule has 0 bridgehead atoms. The molecule has 1 aliphatic heterocycles. The highest BCUT2D eigenvalue weighted by Crippen LogP contribution is 2.37. The van der Waals surface area contributed by atoms with Crippen molar-refractivity contribution in [2.75, 3.05) is 23.7 Å². The van der Waals surface area contributed by atoms with Gasteiger partial charge in [0.05, 0.1) is 22.3 Å². The molecule has 5 rings (SSSR count). The van der Waals surface area contributed by atoms with Crippen molar-refractivity contribution in [1.29, 1.82) is 0 Å². The van der Waals surface area contributed by atoms with Crippen LogP contribution in [-0.4, -0.2) is 55.5 Å². The summed E-state index contributed by atoms with van der Waals surface area (Å²) in [7, 11) is 0. The molecular formula is C31H30F5N7O2. The van der Waals surface area contributed by atoms with Crippen LogP contribution in [0.1, 0.15) is 44.9 Å². The van der Waals surface area contributed by atoms with Crippen LogP contribution in [0.2, 0.25) is 0 Å². The molecule has 0 unspecified atom stereocenters. The van der Waals surface area contributed by atoms with E-state index in [0.717, 1.165) is 10.6 Å². The minimum atomic E-state index is -2.11. The number of carbonyl (C=O) groups excluding carboxylic acids is 1. The third kappa shape index (κ3) is 5.07. The summed E-state index contributed by atoms with van der Waals surface area (Å²) in [5, 5.41) is -0.0203. The Morgan fingerprint density at radius 3 is 2.29 bits per heavy atom. The second-order valence-electron chi connectivity index (χ2n) is 11.4. The molecule has 1 aliphatic rings. The number of rotatable bonds is 5. The van der Waals surface area contributed by atoms with Crippen molar-refractivity contribution in [3.63, 3.8) is 0 Å². The number of hydrogen-bond acceptors (Lipinski definition) is 7. The molecule has 236 valence electrons. The van der Waals surface area contributed by atoms with Gasteiger partial charge in [-0.15, -0.1) is 0 Å². The van der Waals surface area contributed by atoms with E-state index in [2.05, 4.69) is 21.5 Å². The Morgan fingerprint density at radius 1 is 1.04 bits per heavy atom. The highest BCUT2D eigenvalue weighted by atomic mass is 19.2. The number of benzene rings is 1. The number of halogens is 5. The second-order valence-corrected chi connectivity index (χ2v) is 11.4. The van der Waals surface area contributed by atoms with Gasteiger partial charge in [-0.1, -0.05) is 20.4 Å². The van der Waals surface area contributed by atoms with Crippen LogP contribution >= 0.6 is 0 Å². The monoisotopic (exact) mass is 627 g/mol. The molecule has 0 radical (unpaired) electrons. The lowest BCUT2D eigenvalue weighted by Gasteiger charge is -2.44. The van der Waals surface area contributed by atoms with E-state index in [1.165, 1.54) is 6.08 Å². The number of pyridine rings is 2. The normalized spacial score (nSPS) is 17.0. The molecule has 2 N–H and O–H groups in total. The molecular weight excluding hydrogens is 597 g/mol. The Morgan fingerprint density at radius 2 is 1.69 bits per heavy atom. The quantitative estimate of drug-likeness (QED) is 0.107. The zero-order valence-electron chi connectivity index (χ0n) is 25.1. The van der Waals surface area contributed by atoms with Gasteiger partial charge < -0.3 is 15.5 Å². The zero-order valence-corrected chi connectivity index (χ0v) is 25.1.